The molecule has 0 unspecified atom stereocenters. The van der Waals surface area contributed by atoms with E-state index in [1.54, 1.807) is 6.07 Å². The third kappa shape index (κ3) is 7.71. The molecule has 0 aliphatic carbocycles. The highest BCUT2D eigenvalue weighted by atomic mass is 28.3. The molecule has 1 aliphatic rings. The lowest BCUT2D eigenvalue weighted by atomic mass is 9.95. The fraction of sp³-hybridized carbons (Fsp3) is 0.467. The number of halogens is 3. The Labute approximate surface area is 239 Å². The molecule has 0 radical (unpaired) electrons. The average molecular weight is 590 g/mol. The minimum atomic E-state index is -4.42. The number of hydrogen-bond acceptors (Lipinski definition) is 5. The van der Waals surface area contributed by atoms with Crippen molar-refractivity contribution in [2.75, 3.05) is 31.7 Å². The van der Waals surface area contributed by atoms with E-state index in [1.165, 1.54) is 13.2 Å². The van der Waals surface area contributed by atoms with E-state index in [0.717, 1.165) is 34.8 Å². The highest BCUT2D eigenvalue weighted by Crippen LogP contribution is 2.33. The summed E-state index contributed by atoms with van der Waals surface area (Å²) in [5.74, 6) is -0.821. The number of alkyl halides is 3. The first-order chi connectivity index (χ1) is 19.4. The van der Waals surface area contributed by atoms with Gasteiger partial charge in [-0.2, -0.15) is 13.2 Å². The second-order valence-corrected chi connectivity index (χ2v) is 17.3. The third-order valence-corrected chi connectivity index (χ3v) is 9.17. The smallest absolute Gasteiger partial charge is 0.416 e. The van der Waals surface area contributed by atoms with Crippen LogP contribution >= 0.6 is 0 Å². The predicted octanol–water partition coefficient (Wildman–Crippen LogP) is 6.29. The number of hydrogen-bond donors (Lipinski definition) is 1. The van der Waals surface area contributed by atoms with Crippen LogP contribution in [-0.4, -0.2) is 51.3 Å². The Bertz CT molecular complexity index is 1380. The van der Waals surface area contributed by atoms with Crippen molar-refractivity contribution in [1.29, 1.82) is 0 Å². The number of rotatable bonds is 10. The van der Waals surface area contributed by atoms with Gasteiger partial charge in [0.15, 0.2) is 0 Å². The summed E-state index contributed by atoms with van der Waals surface area (Å²) >= 11 is 0. The Kier molecular flexibility index (Phi) is 9.48. The van der Waals surface area contributed by atoms with Crippen molar-refractivity contribution >= 4 is 36.5 Å². The van der Waals surface area contributed by atoms with Gasteiger partial charge < -0.3 is 24.3 Å². The van der Waals surface area contributed by atoms with Crippen molar-refractivity contribution in [3.63, 3.8) is 0 Å². The Morgan fingerprint density at radius 2 is 1.76 bits per heavy atom. The Morgan fingerprint density at radius 3 is 2.41 bits per heavy atom. The van der Waals surface area contributed by atoms with Gasteiger partial charge in [-0.1, -0.05) is 37.8 Å². The summed E-state index contributed by atoms with van der Waals surface area (Å²) in [5, 5.41) is 3.72. The van der Waals surface area contributed by atoms with Crippen LogP contribution in [-0.2, 0) is 33.7 Å². The molecule has 0 bridgehead atoms. The zero-order valence-electron chi connectivity index (χ0n) is 24.0. The van der Waals surface area contributed by atoms with E-state index in [9.17, 15) is 22.8 Å². The number of amides is 1. The van der Waals surface area contributed by atoms with Crippen LogP contribution in [0, 0.1) is 5.92 Å². The second-order valence-electron chi connectivity index (χ2n) is 11.7. The van der Waals surface area contributed by atoms with Gasteiger partial charge in [0.1, 0.15) is 12.4 Å². The van der Waals surface area contributed by atoms with Gasteiger partial charge in [-0.3, -0.25) is 4.79 Å². The molecule has 1 fully saturated rings. The van der Waals surface area contributed by atoms with Crippen LogP contribution in [0.5, 0.6) is 0 Å². The van der Waals surface area contributed by atoms with E-state index in [0.29, 0.717) is 43.8 Å². The topological polar surface area (TPSA) is 72.8 Å². The fourth-order valence-electron chi connectivity index (χ4n) is 5.07. The van der Waals surface area contributed by atoms with Gasteiger partial charge in [0.2, 0.25) is 5.91 Å². The number of fused-ring (bicyclic) bond motifs is 1. The number of anilines is 1. The Morgan fingerprint density at radius 1 is 1.05 bits per heavy atom. The lowest BCUT2D eigenvalue weighted by molar-refractivity contribution is -0.137. The number of carbonyl (C=O) groups excluding carboxylic acids is 2. The zero-order valence-corrected chi connectivity index (χ0v) is 25.0. The van der Waals surface area contributed by atoms with Crippen molar-refractivity contribution in [1.82, 2.24) is 9.88 Å². The first kappa shape index (κ1) is 30.6. The van der Waals surface area contributed by atoms with Crippen LogP contribution in [0.25, 0.3) is 10.9 Å². The van der Waals surface area contributed by atoms with Crippen LogP contribution in [0.1, 0.15) is 34.5 Å². The minimum Gasteiger partial charge on any atom is -0.464 e. The zero-order chi connectivity index (χ0) is 29.8. The van der Waals surface area contributed by atoms with Crippen LogP contribution in [0.3, 0.4) is 0 Å². The van der Waals surface area contributed by atoms with Crippen molar-refractivity contribution in [2.24, 2.45) is 5.92 Å². The average Bonchev–Trinajstić information content (AvgIpc) is 3.31. The van der Waals surface area contributed by atoms with Gasteiger partial charge in [0.05, 0.1) is 18.2 Å². The first-order valence-electron chi connectivity index (χ1n) is 13.8. The molecule has 4 rings (SSSR count). The number of benzene rings is 2. The predicted molar refractivity (Wildman–Crippen MR) is 156 cm³/mol. The maximum atomic E-state index is 13.0. The van der Waals surface area contributed by atoms with Crippen LogP contribution in [0.2, 0.25) is 25.7 Å². The highest BCUT2D eigenvalue weighted by Gasteiger charge is 2.31. The molecular formula is C30H38F3N3O4Si. The Balaban J connectivity index is 1.42. The molecule has 1 N–H and O–H groups in total. The van der Waals surface area contributed by atoms with Gasteiger partial charge in [-0.25, -0.2) is 4.79 Å². The fourth-order valence-corrected chi connectivity index (χ4v) is 5.82. The van der Waals surface area contributed by atoms with E-state index in [1.807, 2.05) is 28.8 Å². The molecule has 7 nitrogen and oxygen atoms in total. The van der Waals surface area contributed by atoms with Crippen molar-refractivity contribution in [2.45, 2.75) is 58.0 Å². The molecule has 1 aromatic heterocycles. The molecular weight excluding hydrogens is 551 g/mol. The summed E-state index contributed by atoms with van der Waals surface area (Å²) in [6.45, 7) is 9.05. The van der Waals surface area contributed by atoms with Crippen LogP contribution in [0.15, 0.2) is 48.5 Å². The van der Waals surface area contributed by atoms with Gasteiger partial charge in [0, 0.05) is 51.3 Å². The van der Waals surface area contributed by atoms with E-state index >= 15 is 0 Å². The maximum Gasteiger partial charge on any atom is 0.416 e. The summed E-state index contributed by atoms with van der Waals surface area (Å²) in [5.41, 5.74) is 1.95. The number of piperidine rings is 1. The number of carbonyl (C=O) groups is 2. The molecule has 3 aromatic rings. The van der Waals surface area contributed by atoms with Gasteiger partial charge in [-0.15, -0.1) is 0 Å². The monoisotopic (exact) mass is 589 g/mol. The third-order valence-electron chi connectivity index (χ3n) is 7.46. The number of aromatic nitrogens is 1. The Hall–Kier alpha value is -3.31. The minimum absolute atomic E-state index is 0.0477. The molecule has 2 heterocycles. The van der Waals surface area contributed by atoms with Gasteiger partial charge in [-0.05, 0) is 54.8 Å². The van der Waals surface area contributed by atoms with E-state index in [2.05, 4.69) is 29.9 Å². The molecule has 0 spiro atoms. The molecule has 222 valence electrons. The summed E-state index contributed by atoms with van der Waals surface area (Å²) in [6, 6.07) is 13.8. The quantitative estimate of drug-likeness (QED) is 0.171. The summed E-state index contributed by atoms with van der Waals surface area (Å²) in [7, 11) is 0.107. The number of nitrogens with one attached hydrogen (secondary N) is 1. The molecule has 11 heteroatoms. The molecule has 1 aliphatic heterocycles. The molecule has 2 aromatic carbocycles. The van der Waals surface area contributed by atoms with Crippen molar-refractivity contribution in [3.05, 3.63) is 65.4 Å². The van der Waals surface area contributed by atoms with Gasteiger partial charge in [0.25, 0.3) is 0 Å². The first-order valence-corrected chi connectivity index (χ1v) is 17.6. The molecule has 0 saturated carbocycles. The van der Waals surface area contributed by atoms with Gasteiger partial charge >= 0.3 is 12.1 Å². The number of ether oxygens (including phenoxy) is 2. The molecule has 0 atom stereocenters. The van der Waals surface area contributed by atoms with Crippen LogP contribution < -0.4 is 10.2 Å². The normalized spacial score (nSPS) is 14.9. The van der Waals surface area contributed by atoms with E-state index in [4.69, 9.17) is 9.47 Å². The largest absolute Gasteiger partial charge is 0.464 e. The van der Waals surface area contributed by atoms with Crippen molar-refractivity contribution < 1.29 is 32.2 Å². The second kappa shape index (κ2) is 12.7. The SMILES string of the molecule is COC(=O)c1cc2c(N3CCC(C(=O)NCc4cccc(C(F)(F)F)c4)CC3)cccc2n1COCC[Si](C)(C)C. The molecule has 1 saturated heterocycles. The summed E-state index contributed by atoms with van der Waals surface area (Å²) < 4.78 is 51.9. The van der Waals surface area contributed by atoms with E-state index < -0.39 is 25.8 Å². The maximum absolute atomic E-state index is 13.0. The summed E-state index contributed by atoms with van der Waals surface area (Å²) in [6.07, 6.45) is -3.21. The number of nitrogens with zero attached hydrogens (tertiary/aromatic N) is 2. The summed E-state index contributed by atoms with van der Waals surface area (Å²) in [4.78, 5) is 27.7. The van der Waals surface area contributed by atoms with E-state index in [-0.39, 0.29) is 25.1 Å². The number of esters is 1. The number of methoxy groups -OCH3 is 1. The molecule has 1 amide bonds. The lowest BCUT2D eigenvalue weighted by Crippen LogP contribution is -2.40. The highest BCUT2D eigenvalue weighted by molar-refractivity contribution is 6.76. The molecule has 41 heavy (non-hydrogen) atoms. The standard InChI is InChI=1S/C30H38F3N3O4Si/c1-39-29(38)27-18-24-25(9-6-10-26(24)36(27)20-40-15-16-41(2,3)4)35-13-11-22(12-14-35)28(37)34-19-21-7-5-8-23(17-21)30(31,32)33/h5-10,17-18,22H,11-16,19-20H2,1-4H3,(H,34,37). The van der Waals surface area contributed by atoms with Crippen molar-refractivity contribution in [3.8, 4) is 0 Å². The van der Waals surface area contributed by atoms with Crippen LogP contribution in [0.4, 0.5) is 18.9 Å². The lowest BCUT2D eigenvalue weighted by Gasteiger charge is -2.33.